The number of hydrogen-bond donors (Lipinski definition) is 2. The summed E-state index contributed by atoms with van der Waals surface area (Å²) in [6.45, 7) is 8.81. The Kier molecular flexibility index (Phi) is 6.37. The molecule has 0 saturated carbocycles. The first-order valence-corrected chi connectivity index (χ1v) is 9.39. The standard InChI is InChI=1S/C21H25FN6/c1-4-28(5-2)18-10-11-19(15(3)12-18)25-20-14-24-27-21(26-20)23-13-16-6-8-17(22)9-7-16/h6-12,14H,4-5,13H2,1-3H3,(H2,23,25,26,27). The minimum Gasteiger partial charge on any atom is -0.372 e. The molecule has 7 heteroatoms. The molecule has 3 rings (SSSR count). The normalized spacial score (nSPS) is 10.6. The van der Waals surface area contributed by atoms with Crippen LogP contribution in [0.5, 0.6) is 0 Å². The number of anilines is 4. The number of halogens is 1. The zero-order valence-electron chi connectivity index (χ0n) is 16.4. The Balaban J connectivity index is 1.68. The van der Waals surface area contributed by atoms with Crippen molar-refractivity contribution in [1.29, 1.82) is 0 Å². The molecule has 0 saturated heterocycles. The van der Waals surface area contributed by atoms with E-state index in [0.717, 1.165) is 29.9 Å². The molecule has 3 aromatic rings. The summed E-state index contributed by atoms with van der Waals surface area (Å²) in [4.78, 5) is 6.76. The number of nitrogens with zero attached hydrogens (tertiary/aromatic N) is 4. The molecule has 0 aliphatic rings. The highest BCUT2D eigenvalue weighted by Gasteiger charge is 2.07. The second-order valence-electron chi connectivity index (χ2n) is 6.44. The molecule has 0 amide bonds. The molecule has 0 aliphatic heterocycles. The molecule has 0 unspecified atom stereocenters. The fourth-order valence-electron chi connectivity index (χ4n) is 2.93. The fraction of sp³-hybridized carbons (Fsp3) is 0.286. The van der Waals surface area contributed by atoms with E-state index in [4.69, 9.17) is 0 Å². The quantitative estimate of drug-likeness (QED) is 0.599. The van der Waals surface area contributed by atoms with Gasteiger partial charge in [0.2, 0.25) is 5.95 Å². The molecule has 28 heavy (non-hydrogen) atoms. The van der Waals surface area contributed by atoms with Crippen LogP contribution in [0.1, 0.15) is 25.0 Å². The number of nitrogens with one attached hydrogen (secondary N) is 2. The van der Waals surface area contributed by atoms with Crippen LogP contribution in [0.3, 0.4) is 0 Å². The lowest BCUT2D eigenvalue weighted by Gasteiger charge is -2.22. The third kappa shape index (κ3) is 4.94. The van der Waals surface area contributed by atoms with E-state index in [1.165, 1.54) is 17.8 Å². The molecule has 0 atom stereocenters. The third-order valence-electron chi connectivity index (χ3n) is 4.52. The van der Waals surface area contributed by atoms with Crippen LogP contribution in [0.15, 0.2) is 48.7 Å². The van der Waals surface area contributed by atoms with Gasteiger partial charge in [-0.25, -0.2) is 4.39 Å². The van der Waals surface area contributed by atoms with E-state index in [2.05, 4.69) is 69.7 Å². The van der Waals surface area contributed by atoms with Crippen molar-refractivity contribution in [2.75, 3.05) is 28.6 Å². The Labute approximate surface area is 164 Å². The van der Waals surface area contributed by atoms with Gasteiger partial charge in [-0.3, -0.25) is 0 Å². The first-order chi connectivity index (χ1) is 13.6. The maximum Gasteiger partial charge on any atom is 0.244 e. The van der Waals surface area contributed by atoms with Crippen LogP contribution >= 0.6 is 0 Å². The minimum absolute atomic E-state index is 0.254. The van der Waals surface area contributed by atoms with Gasteiger partial charge in [0.05, 0.1) is 6.20 Å². The SMILES string of the molecule is CCN(CC)c1ccc(Nc2cnnc(NCc3ccc(F)cc3)n2)c(C)c1. The number of rotatable bonds is 8. The Morgan fingerprint density at radius 1 is 1.04 bits per heavy atom. The van der Waals surface area contributed by atoms with Crippen molar-refractivity contribution in [3.63, 3.8) is 0 Å². The van der Waals surface area contributed by atoms with E-state index in [0.29, 0.717) is 18.3 Å². The highest BCUT2D eigenvalue weighted by atomic mass is 19.1. The van der Waals surface area contributed by atoms with Gasteiger partial charge in [-0.1, -0.05) is 12.1 Å². The molecular weight excluding hydrogens is 355 g/mol. The molecular formula is C21H25FN6. The molecule has 6 nitrogen and oxygen atoms in total. The minimum atomic E-state index is -0.254. The Bertz CT molecular complexity index is 909. The molecule has 0 bridgehead atoms. The van der Waals surface area contributed by atoms with Crippen molar-refractivity contribution < 1.29 is 4.39 Å². The van der Waals surface area contributed by atoms with Gasteiger partial charge in [0.1, 0.15) is 5.82 Å². The average molecular weight is 380 g/mol. The Morgan fingerprint density at radius 2 is 1.79 bits per heavy atom. The monoisotopic (exact) mass is 380 g/mol. The van der Waals surface area contributed by atoms with Crippen LogP contribution in [-0.4, -0.2) is 28.3 Å². The molecule has 0 radical (unpaired) electrons. The zero-order valence-corrected chi connectivity index (χ0v) is 16.4. The lowest BCUT2D eigenvalue weighted by Crippen LogP contribution is -2.21. The van der Waals surface area contributed by atoms with Gasteiger partial charge in [-0.15, -0.1) is 5.10 Å². The van der Waals surface area contributed by atoms with Crippen LogP contribution in [0.4, 0.5) is 27.5 Å². The van der Waals surface area contributed by atoms with Crippen LogP contribution in [-0.2, 0) is 6.54 Å². The fourth-order valence-corrected chi connectivity index (χ4v) is 2.93. The lowest BCUT2D eigenvalue weighted by atomic mass is 10.1. The van der Waals surface area contributed by atoms with Gasteiger partial charge < -0.3 is 15.5 Å². The first kappa shape index (κ1) is 19.5. The number of aryl methyl sites for hydroxylation is 1. The summed E-state index contributed by atoms with van der Waals surface area (Å²) in [5.74, 6) is 0.761. The third-order valence-corrected chi connectivity index (χ3v) is 4.52. The average Bonchev–Trinajstić information content (AvgIpc) is 2.71. The van der Waals surface area contributed by atoms with Crippen molar-refractivity contribution >= 4 is 23.1 Å². The van der Waals surface area contributed by atoms with Gasteiger partial charge in [-0.05, 0) is 62.2 Å². The van der Waals surface area contributed by atoms with E-state index < -0.39 is 0 Å². The van der Waals surface area contributed by atoms with Crippen molar-refractivity contribution in [3.05, 3.63) is 65.6 Å². The van der Waals surface area contributed by atoms with E-state index in [-0.39, 0.29) is 5.82 Å². The summed E-state index contributed by atoms with van der Waals surface area (Å²) in [6.07, 6.45) is 1.58. The lowest BCUT2D eigenvalue weighted by molar-refractivity contribution is 0.627. The smallest absolute Gasteiger partial charge is 0.244 e. The number of benzene rings is 2. The van der Waals surface area contributed by atoms with Crippen LogP contribution in [0.2, 0.25) is 0 Å². The highest BCUT2D eigenvalue weighted by molar-refractivity contribution is 5.65. The van der Waals surface area contributed by atoms with Gasteiger partial charge in [0, 0.05) is 31.0 Å². The van der Waals surface area contributed by atoms with Crippen LogP contribution in [0, 0.1) is 12.7 Å². The van der Waals surface area contributed by atoms with Crippen LogP contribution < -0.4 is 15.5 Å². The van der Waals surface area contributed by atoms with Crippen LogP contribution in [0.25, 0.3) is 0 Å². The summed E-state index contributed by atoms with van der Waals surface area (Å²) in [6, 6.07) is 12.6. The van der Waals surface area contributed by atoms with E-state index in [1.54, 1.807) is 18.3 Å². The number of aromatic nitrogens is 3. The van der Waals surface area contributed by atoms with E-state index in [9.17, 15) is 4.39 Å². The van der Waals surface area contributed by atoms with E-state index >= 15 is 0 Å². The summed E-state index contributed by atoms with van der Waals surface area (Å²) >= 11 is 0. The summed E-state index contributed by atoms with van der Waals surface area (Å²) < 4.78 is 13.0. The summed E-state index contributed by atoms with van der Waals surface area (Å²) in [5, 5.41) is 14.4. The molecule has 2 aromatic carbocycles. The van der Waals surface area contributed by atoms with Crippen molar-refractivity contribution in [3.8, 4) is 0 Å². The van der Waals surface area contributed by atoms with Crippen molar-refractivity contribution in [2.24, 2.45) is 0 Å². The molecule has 2 N–H and O–H groups in total. The maximum absolute atomic E-state index is 13.0. The van der Waals surface area contributed by atoms with Crippen molar-refractivity contribution in [2.45, 2.75) is 27.3 Å². The summed E-state index contributed by atoms with van der Waals surface area (Å²) in [5.41, 5.74) is 4.24. The number of hydrogen-bond acceptors (Lipinski definition) is 6. The van der Waals surface area contributed by atoms with Gasteiger partial charge in [0.25, 0.3) is 0 Å². The Morgan fingerprint density at radius 3 is 2.46 bits per heavy atom. The van der Waals surface area contributed by atoms with Gasteiger partial charge >= 0.3 is 0 Å². The Hall–Kier alpha value is -3.22. The molecule has 0 fully saturated rings. The molecule has 0 spiro atoms. The zero-order chi connectivity index (χ0) is 19.9. The molecule has 146 valence electrons. The molecule has 1 aromatic heterocycles. The maximum atomic E-state index is 13.0. The van der Waals surface area contributed by atoms with Crippen molar-refractivity contribution in [1.82, 2.24) is 15.2 Å². The predicted molar refractivity (Wildman–Crippen MR) is 112 cm³/mol. The molecule has 0 aliphatic carbocycles. The highest BCUT2D eigenvalue weighted by Crippen LogP contribution is 2.25. The van der Waals surface area contributed by atoms with E-state index in [1.807, 2.05) is 0 Å². The summed E-state index contributed by atoms with van der Waals surface area (Å²) in [7, 11) is 0. The second kappa shape index (κ2) is 9.12. The predicted octanol–water partition coefficient (Wildman–Crippen LogP) is 4.52. The topological polar surface area (TPSA) is 66.0 Å². The first-order valence-electron chi connectivity index (χ1n) is 9.39. The largest absolute Gasteiger partial charge is 0.372 e. The second-order valence-corrected chi connectivity index (χ2v) is 6.44. The van der Waals surface area contributed by atoms with Gasteiger partial charge in [0.15, 0.2) is 5.82 Å². The molecule has 1 heterocycles. The van der Waals surface area contributed by atoms with Gasteiger partial charge in [-0.2, -0.15) is 10.1 Å².